The third-order valence-electron chi connectivity index (χ3n) is 6.22. The number of para-hydroxylation sites is 2. The molecule has 0 fully saturated rings. The van der Waals surface area contributed by atoms with Crippen LogP contribution < -0.4 is 20.1 Å². The Balaban J connectivity index is 1.49. The summed E-state index contributed by atoms with van der Waals surface area (Å²) in [6, 6.07) is 16.5. The van der Waals surface area contributed by atoms with Crippen molar-refractivity contribution in [3.05, 3.63) is 88.7 Å². The molecular formula is C30H29ClF3N5O4S. The van der Waals surface area contributed by atoms with Crippen LogP contribution in [0.15, 0.2) is 71.9 Å². The van der Waals surface area contributed by atoms with E-state index in [-0.39, 0.29) is 34.1 Å². The Bertz CT molecular complexity index is 1600. The summed E-state index contributed by atoms with van der Waals surface area (Å²) in [5.74, 6) is 0.339. The molecule has 9 nitrogen and oxygen atoms in total. The first-order valence-corrected chi connectivity index (χ1v) is 14.8. The predicted molar refractivity (Wildman–Crippen MR) is 162 cm³/mol. The Morgan fingerprint density at radius 3 is 2.50 bits per heavy atom. The molecule has 0 aliphatic heterocycles. The van der Waals surface area contributed by atoms with Crippen molar-refractivity contribution in [2.75, 3.05) is 24.8 Å². The average Bonchev–Trinajstić information content (AvgIpc) is 3.42. The van der Waals surface area contributed by atoms with Crippen molar-refractivity contribution >= 4 is 40.9 Å². The second kappa shape index (κ2) is 15.0. The van der Waals surface area contributed by atoms with E-state index in [1.54, 1.807) is 53.1 Å². The number of halogens is 4. The molecular weight excluding hydrogens is 619 g/mol. The Morgan fingerprint density at radius 2 is 1.80 bits per heavy atom. The van der Waals surface area contributed by atoms with Gasteiger partial charge in [-0.15, -0.1) is 10.2 Å². The molecule has 0 saturated heterocycles. The molecule has 14 heteroatoms. The Labute approximate surface area is 261 Å². The van der Waals surface area contributed by atoms with Crippen LogP contribution in [0.2, 0.25) is 5.02 Å². The first-order valence-electron chi connectivity index (χ1n) is 13.5. The molecule has 4 rings (SSSR count). The number of nitrogens with one attached hydrogen (secondary N) is 2. The fourth-order valence-corrected chi connectivity index (χ4v) is 4.91. The average molecular weight is 648 g/mol. The molecule has 44 heavy (non-hydrogen) atoms. The van der Waals surface area contributed by atoms with Crippen molar-refractivity contribution < 1.29 is 32.2 Å². The number of carbonyl (C=O) groups excluding carboxylic acids is 2. The molecule has 2 amide bonds. The molecule has 0 unspecified atom stereocenters. The van der Waals surface area contributed by atoms with Crippen molar-refractivity contribution in [2.45, 2.75) is 37.6 Å². The zero-order valence-corrected chi connectivity index (χ0v) is 25.4. The summed E-state index contributed by atoms with van der Waals surface area (Å²) >= 11 is 7.01. The molecule has 1 heterocycles. The number of alkyl halides is 3. The van der Waals surface area contributed by atoms with Crippen LogP contribution in [0.3, 0.4) is 0 Å². The Kier molecular flexibility index (Phi) is 11.1. The number of rotatable bonds is 13. The number of nitrogens with zero attached hydrogens (tertiary/aromatic N) is 3. The van der Waals surface area contributed by atoms with E-state index in [4.69, 9.17) is 21.1 Å². The number of hydrogen-bond acceptors (Lipinski definition) is 7. The minimum Gasteiger partial charge on any atom is -0.495 e. The summed E-state index contributed by atoms with van der Waals surface area (Å²) in [5.41, 5.74) is -0.122. The maximum atomic E-state index is 13.1. The van der Waals surface area contributed by atoms with Crippen LogP contribution in [0, 0.1) is 0 Å². The quantitative estimate of drug-likeness (QED) is 0.122. The van der Waals surface area contributed by atoms with E-state index in [0.717, 1.165) is 42.8 Å². The van der Waals surface area contributed by atoms with Crippen molar-refractivity contribution in [1.29, 1.82) is 0 Å². The van der Waals surface area contributed by atoms with E-state index >= 15 is 0 Å². The monoisotopic (exact) mass is 647 g/mol. The number of hydrogen-bond donors (Lipinski definition) is 2. The van der Waals surface area contributed by atoms with E-state index in [1.807, 2.05) is 0 Å². The summed E-state index contributed by atoms with van der Waals surface area (Å²) in [6.07, 6.45) is -2.64. The Hall–Kier alpha value is -4.23. The van der Waals surface area contributed by atoms with Gasteiger partial charge in [0.2, 0.25) is 5.91 Å². The molecule has 0 saturated carbocycles. The van der Waals surface area contributed by atoms with Gasteiger partial charge < -0.3 is 20.1 Å². The number of ether oxygens (including phenoxy) is 2. The maximum Gasteiger partial charge on any atom is 0.416 e. The van der Waals surface area contributed by atoms with Gasteiger partial charge in [-0.25, -0.2) is 0 Å². The first-order chi connectivity index (χ1) is 21.1. The van der Waals surface area contributed by atoms with Crippen LogP contribution in [0.4, 0.5) is 18.9 Å². The summed E-state index contributed by atoms with van der Waals surface area (Å²) in [7, 11) is 1.50. The van der Waals surface area contributed by atoms with E-state index in [1.165, 1.54) is 7.11 Å². The number of carbonyl (C=O) groups is 2. The number of benzene rings is 3. The lowest BCUT2D eigenvalue weighted by atomic mass is 10.2. The smallest absolute Gasteiger partial charge is 0.416 e. The van der Waals surface area contributed by atoms with Crippen molar-refractivity contribution in [3.63, 3.8) is 0 Å². The van der Waals surface area contributed by atoms with Gasteiger partial charge in [-0.2, -0.15) is 13.2 Å². The zero-order valence-electron chi connectivity index (χ0n) is 23.8. The van der Waals surface area contributed by atoms with Gasteiger partial charge in [0.05, 0.1) is 48.0 Å². The largest absolute Gasteiger partial charge is 0.495 e. The lowest BCUT2D eigenvalue weighted by molar-refractivity contribution is -0.137. The summed E-state index contributed by atoms with van der Waals surface area (Å²) in [6.45, 7) is 2.66. The summed E-state index contributed by atoms with van der Waals surface area (Å²) in [5, 5.41) is 13.9. The minimum absolute atomic E-state index is 0.00870. The van der Waals surface area contributed by atoms with E-state index in [2.05, 4.69) is 27.8 Å². The fourth-order valence-electron chi connectivity index (χ4n) is 3.98. The lowest BCUT2D eigenvalue weighted by Gasteiger charge is -2.14. The summed E-state index contributed by atoms with van der Waals surface area (Å²) in [4.78, 5) is 25.6. The van der Waals surface area contributed by atoms with Gasteiger partial charge >= 0.3 is 6.18 Å². The van der Waals surface area contributed by atoms with Crippen molar-refractivity contribution in [3.8, 4) is 17.2 Å². The molecule has 0 bridgehead atoms. The SMILES string of the molecule is CCCCOc1ccc(C(=O)NCc2nnc(SCC(=O)Nc3cc(C(F)(F)F)ccc3Cl)n2-c2ccccc2OC)cc1. The van der Waals surface area contributed by atoms with Crippen LogP contribution in [0.5, 0.6) is 11.5 Å². The predicted octanol–water partition coefficient (Wildman–Crippen LogP) is 6.79. The van der Waals surface area contributed by atoms with Crippen LogP contribution in [-0.2, 0) is 17.5 Å². The summed E-state index contributed by atoms with van der Waals surface area (Å²) < 4.78 is 52.2. The number of anilines is 1. The molecule has 0 radical (unpaired) electrons. The Morgan fingerprint density at radius 1 is 1.05 bits per heavy atom. The normalized spacial score (nSPS) is 11.2. The third-order valence-corrected chi connectivity index (χ3v) is 7.48. The molecule has 1 aromatic heterocycles. The maximum absolute atomic E-state index is 13.1. The molecule has 0 aliphatic carbocycles. The van der Waals surface area contributed by atoms with Gasteiger partial charge in [0, 0.05) is 5.56 Å². The highest BCUT2D eigenvalue weighted by Gasteiger charge is 2.31. The van der Waals surface area contributed by atoms with E-state index in [0.29, 0.717) is 35.2 Å². The molecule has 2 N–H and O–H groups in total. The standard InChI is InChI=1S/C30H29ClF3N5O4S/c1-3-4-15-43-21-12-9-19(10-13-21)28(41)35-17-26-37-38-29(39(26)24-7-5-6-8-25(24)42-2)44-18-27(40)36-23-16-20(30(32,33)34)11-14-22(23)31/h5-14,16H,3-4,15,17-18H2,1-2H3,(H,35,41)(H,36,40). The van der Waals surface area contributed by atoms with Crippen LogP contribution in [0.25, 0.3) is 5.69 Å². The molecule has 4 aromatic rings. The number of amides is 2. The lowest BCUT2D eigenvalue weighted by Crippen LogP contribution is -2.24. The zero-order chi connectivity index (χ0) is 31.7. The van der Waals surface area contributed by atoms with Crippen LogP contribution in [-0.4, -0.2) is 46.0 Å². The number of unbranched alkanes of at least 4 members (excludes halogenated alkanes) is 1. The van der Waals surface area contributed by atoms with Gasteiger partial charge in [-0.1, -0.05) is 48.8 Å². The third kappa shape index (κ3) is 8.44. The molecule has 0 spiro atoms. The second-order valence-corrected chi connectivity index (χ2v) is 10.7. The highest BCUT2D eigenvalue weighted by Crippen LogP contribution is 2.34. The van der Waals surface area contributed by atoms with E-state index < -0.39 is 17.6 Å². The number of aromatic nitrogens is 3. The van der Waals surface area contributed by atoms with Crippen LogP contribution in [0.1, 0.15) is 41.5 Å². The first kappa shape index (κ1) is 32.7. The molecule has 3 aromatic carbocycles. The van der Waals surface area contributed by atoms with Gasteiger partial charge in [-0.05, 0) is 61.0 Å². The van der Waals surface area contributed by atoms with Gasteiger partial charge in [0.25, 0.3) is 5.91 Å². The van der Waals surface area contributed by atoms with Crippen LogP contribution >= 0.6 is 23.4 Å². The minimum atomic E-state index is -4.60. The fraction of sp³-hybridized carbons (Fsp3) is 0.267. The molecule has 0 aliphatic rings. The van der Waals surface area contributed by atoms with Gasteiger partial charge in [0.15, 0.2) is 11.0 Å². The van der Waals surface area contributed by atoms with Gasteiger partial charge in [-0.3, -0.25) is 14.2 Å². The molecule has 232 valence electrons. The van der Waals surface area contributed by atoms with E-state index in [9.17, 15) is 22.8 Å². The topological polar surface area (TPSA) is 107 Å². The number of thioether (sulfide) groups is 1. The number of methoxy groups -OCH3 is 1. The highest BCUT2D eigenvalue weighted by atomic mass is 35.5. The van der Waals surface area contributed by atoms with Crippen molar-refractivity contribution in [1.82, 2.24) is 20.1 Å². The molecule has 0 atom stereocenters. The van der Waals surface area contributed by atoms with Crippen molar-refractivity contribution in [2.24, 2.45) is 0 Å². The highest BCUT2D eigenvalue weighted by molar-refractivity contribution is 7.99. The second-order valence-electron chi connectivity index (χ2n) is 9.34. The van der Waals surface area contributed by atoms with Gasteiger partial charge in [0.1, 0.15) is 11.5 Å².